The van der Waals surface area contributed by atoms with E-state index in [1.165, 1.54) is 0 Å². The number of hydrogen-bond donors (Lipinski definition) is 2. The molecule has 1 aliphatic rings. The summed E-state index contributed by atoms with van der Waals surface area (Å²) < 4.78 is 10.7. The Morgan fingerprint density at radius 3 is 2.81 bits per heavy atom. The van der Waals surface area contributed by atoms with Crippen molar-refractivity contribution in [3.05, 3.63) is 47.3 Å². The van der Waals surface area contributed by atoms with Gasteiger partial charge in [0.25, 0.3) is 11.6 Å². The fourth-order valence-electron chi connectivity index (χ4n) is 2.89. The number of benzene rings is 1. The molecular weight excluding hydrogens is 332 g/mol. The summed E-state index contributed by atoms with van der Waals surface area (Å²) in [6.07, 6.45) is 2.19. The molecule has 2 aromatic heterocycles. The van der Waals surface area contributed by atoms with Crippen molar-refractivity contribution in [1.29, 1.82) is 0 Å². The largest absolute Gasteiger partial charge is 0.492 e. The number of anilines is 1. The van der Waals surface area contributed by atoms with E-state index in [9.17, 15) is 4.79 Å². The average molecular weight is 352 g/mol. The van der Waals surface area contributed by atoms with Gasteiger partial charge in [0.1, 0.15) is 12.4 Å². The molecule has 0 unspecified atom stereocenters. The molecule has 7 nitrogen and oxygen atoms in total. The van der Waals surface area contributed by atoms with Crippen LogP contribution in [-0.2, 0) is 0 Å². The third kappa shape index (κ3) is 3.25. The predicted molar refractivity (Wildman–Crippen MR) is 97.5 cm³/mol. The number of fused-ring (bicyclic) bond motifs is 1. The highest BCUT2D eigenvalue weighted by atomic mass is 16.5. The zero-order valence-electron chi connectivity index (χ0n) is 14.5. The monoisotopic (exact) mass is 352 g/mol. The Bertz CT molecular complexity index is 945. The van der Waals surface area contributed by atoms with Gasteiger partial charge in [0.15, 0.2) is 0 Å². The second-order valence-corrected chi connectivity index (χ2v) is 6.43. The van der Waals surface area contributed by atoms with Crippen molar-refractivity contribution in [3.63, 3.8) is 0 Å². The number of pyridine rings is 1. The summed E-state index contributed by atoms with van der Waals surface area (Å²) >= 11 is 0. The molecule has 26 heavy (non-hydrogen) atoms. The van der Waals surface area contributed by atoms with Crippen LogP contribution in [0.1, 0.15) is 40.5 Å². The number of aryl methyl sites for hydroxylation is 1. The summed E-state index contributed by atoms with van der Waals surface area (Å²) in [6.45, 7) is 2.72. The van der Waals surface area contributed by atoms with Gasteiger partial charge in [0.05, 0.1) is 16.6 Å². The van der Waals surface area contributed by atoms with Gasteiger partial charge in [0.2, 0.25) is 0 Å². The molecule has 1 aromatic carbocycles. The molecule has 0 spiro atoms. The lowest BCUT2D eigenvalue weighted by molar-refractivity contribution is 0.102. The van der Waals surface area contributed by atoms with Gasteiger partial charge in [-0.05, 0) is 50.1 Å². The third-order valence-corrected chi connectivity index (χ3v) is 4.38. The molecular formula is C19H20N4O3. The molecule has 0 atom stereocenters. The van der Waals surface area contributed by atoms with Crippen LogP contribution in [0.3, 0.4) is 0 Å². The molecule has 1 aliphatic carbocycles. The van der Waals surface area contributed by atoms with E-state index in [0.29, 0.717) is 52.9 Å². The second kappa shape index (κ2) is 6.76. The normalized spacial score (nSPS) is 13.8. The van der Waals surface area contributed by atoms with E-state index in [1.54, 1.807) is 24.3 Å². The first kappa shape index (κ1) is 16.5. The summed E-state index contributed by atoms with van der Waals surface area (Å²) in [5.74, 6) is 0.919. The van der Waals surface area contributed by atoms with Gasteiger partial charge in [-0.2, -0.15) is 0 Å². The van der Waals surface area contributed by atoms with Gasteiger partial charge < -0.3 is 20.3 Å². The van der Waals surface area contributed by atoms with Crippen LogP contribution in [0.2, 0.25) is 0 Å². The lowest BCUT2D eigenvalue weighted by Gasteiger charge is -2.09. The molecule has 7 heteroatoms. The topological polar surface area (TPSA) is 103 Å². The van der Waals surface area contributed by atoms with Crippen LogP contribution in [0.5, 0.6) is 5.75 Å². The SMILES string of the molecule is Cc1noc2nc(C3CC3)cc(C(=O)Nc3ccc(OCCN)cc3)c12. The van der Waals surface area contributed by atoms with Gasteiger partial charge in [-0.1, -0.05) is 5.16 Å². The number of aromatic nitrogens is 2. The van der Waals surface area contributed by atoms with Gasteiger partial charge in [-0.3, -0.25) is 4.79 Å². The van der Waals surface area contributed by atoms with Gasteiger partial charge >= 0.3 is 0 Å². The van der Waals surface area contributed by atoms with Crippen LogP contribution < -0.4 is 15.8 Å². The number of carbonyl (C=O) groups is 1. The van der Waals surface area contributed by atoms with Crippen molar-refractivity contribution >= 4 is 22.7 Å². The minimum Gasteiger partial charge on any atom is -0.492 e. The highest BCUT2D eigenvalue weighted by Crippen LogP contribution is 2.40. The first-order valence-electron chi connectivity index (χ1n) is 8.67. The number of amides is 1. The predicted octanol–water partition coefficient (Wildman–Crippen LogP) is 3.00. The molecule has 134 valence electrons. The minimum absolute atomic E-state index is 0.207. The molecule has 1 saturated carbocycles. The molecule has 0 aliphatic heterocycles. The van der Waals surface area contributed by atoms with Gasteiger partial charge in [-0.15, -0.1) is 0 Å². The molecule has 0 saturated heterocycles. The Kier molecular flexibility index (Phi) is 4.30. The van der Waals surface area contributed by atoms with Crippen LogP contribution in [0, 0.1) is 6.92 Å². The smallest absolute Gasteiger partial charge is 0.259 e. The van der Waals surface area contributed by atoms with Crippen molar-refractivity contribution < 1.29 is 14.1 Å². The third-order valence-electron chi connectivity index (χ3n) is 4.38. The van der Waals surface area contributed by atoms with Crippen molar-refractivity contribution in [2.45, 2.75) is 25.7 Å². The van der Waals surface area contributed by atoms with Gasteiger partial charge in [-0.25, -0.2) is 4.98 Å². The summed E-state index contributed by atoms with van der Waals surface area (Å²) in [6, 6.07) is 9.05. The van der Waals surface area contributed by atoms with Crippen LogP contribution >= 0.6 is 0 Å². The van der Waals surface area contributed by atoms with E-state index in [4.69, 9.17) is 15.0 Å². The van der Waals surface area contributed by atoms with Crippen LogP contribution in [0.4, 0.5) is 5.69 Å². The molecule has 1 fully saturated rings. The number of hydrogen-bond acceptors (Lipinski definition) is 6. The minimum atomic E-state index is -0.207. The Labute approximate surface area is 150 Å². The lowest BCUT2D eigenvalue weighted by atomic mass is 10.1. The van der Waals surface area contributed by atoms with E-state index in [-0.39, 0.29) is 5.91 Å². The Morgan fingerprint density at radius 1 is 1.35 bits per heavy atom. The maximum absolute atomic E-state index is 12.9. The maximum atomic E-state index is 12.9. The summed E-state index contributed by atoms with van der Waals surface area (Å²) in [5, 5.41) is 7.55. The second-order valence-electron chi connectivity index (χ2n) is 6.43. The fourth-order valence-corrected chi connectivity index (χ4v) is 2.89. The zero-order valence-corrected chi connectivity index (χ0v) is 14.5. The Morgan fingerprint density at radius 2 is 2.12 bits per heavy atom. The van der Waals surface area contributed by atoms with Gasteiger partial charge in [0, 0.05) is 23.8 Å². The molecule has 0 radical (unpaired) electrons. The van der Waals surface area contributed by atoms with Crippen LogP contribution in [-0.4, -0.2) is 29.2 Å². The fraction of sp³-hybridized carbons (Fsp3) is 0.316. The average Bonchev–Trinajstić information content (AvgIpc) is 3.44. The number of nitrogens with two attached hydrogens (primary N) is 1. The van der Waals surface area contributed by atoms with E-state index in [2.05, 4.69) is 15.5 Å². The summed E-state index contributed by atoms with van der Waals surface area (Å²) in [7, 11) is 0. The quantitative estimate of drug-likeness (QED) is 0.707. The number of carbonyl (C=O) groups excluding carboxylic acids is 1. The molecule has 3 N–H and O–H groups in total. The summed E-state index contributed by atoms with van der Waals surface area (Å²) in [5.41, 5.74) is 8.62. The molecule has 0 bridgehead atoms. The molecule has 4 rings (SSSR count). The zero-order chi connectivity index (χ0) is 18.1. The standard InChI is InChI=1S/C19H20N4O3/c1-11-17-15(10-16(12-2-3-12)22-19(17)26-23-11)18(24)21-13-4-6-14(7-5-13)25-9-8-20/h4-7,10,12H,2-3,8-9,20H2,1H3,(H,21,24). The number of ether oxygens (including phenoxy) is 1. The van der Waals surface area contributed by atoms with Crippen LogP contribution in [0.15, 0.2) is 34.9 Å². The summed E-state index contributed by atoms with van der Waals surface area (Å²) in [4.78, 5) is 17.4. The van der Waals surface area contributed by atoms with E-state index >= 15 is 0 Å². The first-order chi connectivity index (χ1) is 12.7. The molecule has 3 aromatic rings. The number of rotatable bonds is 6. The van der Waals surface area contributed by atoms with E-state index in [1.807, 2.05) is 13.0 Å². The van der Waals surface area contributed by atoms with E-state index < -0.39 is 0 Å². The maximum Gasteiger partial charge on any atom is 0.259 e. The Hall–Kier alpha value is -2.93. The van der Waals surface area contributed by atoms with Crippen molar-refractivity contribution in [2.24, 2.45) is 5.73 Å². The van der Waals surface area contributed by atoms with E-state index in [0.717, 1.165) is 18.5 Å². The number of nitrogens with zero attached hydrogens (tertiary/aromatic N) is 2. The molecule has 2 heterocycles. The highest BCUT2D eigenvalue weighted by molar-refractivity contribution is 6.12. The first-order valence-corrected chi connectivity index (χ1v) is 8.67. The highest BCUT2D eigenvalue weighted by Gasteiger charge is 2.28. The van der Waals surface area contributed by atoms with Crippen molar-refractivity contribution in [1.82, 2.24) is 10.1 Å². The number of nitrogens with one attached hydrogen (secondary N) is 1. The van der Waals surface area contributed by atoms with Crippen molar-refractivity contribution in [2.75, 3.05) is 18.5 Å². The van der Waals surface area contributed by atoms with Crippen molar-refractivity contribution in [3.8, 4) is 5.75 Å². The molecule has 1 amide bonds. The Balaban J connectivity index is 1.60. The lowest BCUT2D eigenvalue weighted by Crippen LogP contribution is -2.13. The van der Waals surface area contributed by atoms with Crippen LogP contribution in [0.25, 0.3) is 11.1 Å².